The summed E-state index contributed by atoms with van der Waals surface area (Å²) < 4.78 is 17.2. The summed E-state index contributed by atoms with van der Waals surface area (Å²) in [6.07, 6.45) is 2.38. The maximum atomic E-state index is 13.3. The number of likely N-dealkylation sites (tertiary alicyclic amines) is 1. The van der Waals surface area contributed by atoms with Crippen molar-refractivity contribution in [2.75, 3.05) is 49.5 Å². The number of hydrogen-bond donors (Lipinski definition) is 1. The highest BCUT2D eigenvalue weighted by atomic mass is 35.5. The molecule has 13 heteroatoms. The molecule has 1 fully saturated rings. The molecule has 0 unspecified atom stereocenters. The lowest BCUT2D eigenvalue weighted by Gasteiger charge is -2.42. The van der Waals surface area contributed by atoms with Crippen LogP contribution in [0.15, 0.2) is 30.5 Å². The Morgan fingerprint density at radius 1 is 1.15 bits per heavy atom. The van der Waals surface area contributed by atoms with Gasteiger partial charge in [-0.25, -0.2) is 9.59 Å². The van der Waals surface area contributed by atoms with E-state index in [0.717, 1.165) is 0 Å². The zero-order valence-electron chi connectivity index (χ0n) is 22.9. The van der Waals surface area contributed by atoms with E-state index in [-0.39, 0.29) is 18.7 Å². The summed E-state index contributed by atoms with van der Waals surface area (Å²) in [5.74, 6) is 1.23. The summed E-state index contributed by atoms with van der Waals surface area (Å²) in [6.45, 7) is 9.54. The Bertz CT molecular complexity index is 1250. The molecule has 4 heterocycles. The molecule has 0 spiro atoms. The van der Waals surface area contributed by atoms with Gasteiger partial charge in [0, 0.05) is 42.8 Å². The van der Waals surface area contributed by atoms with E-state index in [4.69, 9.17) is 25.8 Å². The summed E-state index contributed by atoms with van der Waals surface area (Å²) in [5.41, 5.74) is 3.32. The normalized spacial score (nSPS) is 17.8. The number of urea groups is 1. The molecule has 12 nitrogen and oxygen atoms in total. The van der Waals surface area contributed by atoms with Gasteiger partial charge in [0.05, 0.1) is 29.8 Å². The maximum absolute atomic E-state index is 13.3. The predicted molar refractivity (Wildman–Crippen MR) is 150 cm³/mol. The van der Waals surface area contributed by atoms with Gasteiger partial charge in [0.1, 0.15) is 19.3 Å². The molecule has 1 N–H and O–H groups in total. The molecular formula is C27H34ClN6O6-. The number of amides is 3. The molecule has 0 atom stereocenters. The van der Waals surface area contributed by atoms with E-state index in [1.807, 2.05) is 26.8 Å². The third-order valence-electron chi connectivity index (χ3n) is 7.17. The Labute approximate surface area is 238 Å². The second kappa shape index (κ2) is 11.6. The lowest BCUT2D eigenvalue weighted by Crippen LogP contribution is -2.54. The number of halogens is 1. The summed E-state index contributed by atoms with van der Waals surface area (Å²) in [4.78, 5) is 35.7. The number of hydrogen-bond acceptors (Lipinski definition) is 9. The summed E-state index contributed by atoms with van der Waals surface area (Å²) >= 11 is 6.12. The SMILES string of the molecule is CC(C)(C)N(Cc1cc2c(cn1)OCCO2)C(=O)OC1CCN(CCN2C(=O)NN([O-])c3ccc(Cl)cc32)CC1. The lowest BCUT2D eigenvalue weighted by atomic mass is 10.1. The van der Waals surface area contributed by atoms with Crippen molar-refractivity contribution >= 4 is 35.1 Å². The van der Waals surface area contributed by atoms with Crippen LogP contribution < -0.4 is 25.0 Å². The van der Waals surface area contributed by atoms with Crippen LogP contribution in [0, 0.1) is 5.21 Å². The van der Waals surface area contributed by atoms with Crippen molar-refractivity contribution in [2.45, 2.75) is 51.8 Å². The molecule has 0 radical (unpaired) electrons. The third-order valence-corrected chi connectivity index (χ3v) is 7.40. The number of pyridine rings is 1. The Kier molecular flexibility index (Phi) is 8.11. The second-order valence-electron chi connectivity index (χ2n) is 11.0. The van der Waals surface area contributed by atoms with Gasteiger partial charge in [-0.2, -0.15) is 0 Å². The minimum Gasteiger partial charge on any atom is -0.739 e. The van der Waals surface area contributed by atoms with Gasteiger partial charge in [-0.05, 0) is 51.8 Å². The van der Waals surface area contributed by atoms with Gasteiger partial charge in [-0.3, -0.25) is 20.2 Å². The van der Waals surface area contributed by atoms with Crippen molar-refractivity contribution in [1.29, 1.82) is 0 Å². The summed E-state index contributed by atoms with van der Waals surface area (Å²) in [6, 6.07) is 6.13. The number of nitrogens with one attached hydrogen (secondary N) is 1. The zero-order valence-corrected chi connectivity index (χ0v) is 23.6. The molecule has 0 saturated carbocycles. The maximum Gasteiger partial charge on any atom is 0.410 e. The van der Waals surface area contributed by atoms with Gasteiger partial charge in [-0.15, -0.1) is 0 Å². The largest absolute Gasteiger partial charge is 0.739 e. The highest BCUT2D eigenvalue weighted by molar-refractivity contribution is 6.31. The van der Waals surface area contributed by atoms with Gasteiger partial charge in [-0.1, -0.05) is 11.6 Å². The van der Waals surface area contributed by atoms with E-state index in [1.165, 1.54) is 4.90 Å². The number of nitrogens with zero attached hydrogens (tertiary/aromatic N) is 5. The molecule has 0 aliphatic carbocycles. The molecule has 0 bridgehead atoms. The molecule has 1 aromatic heterocycles. The fraction of sp³-hybridized carbons (Fsp3) is 0.519. The number of piperidine rings is 1. The zero-order chi connectivity index (χ0) is 28.4. The van der Waals surface area contributed by atoms with Crippen LogP contribution in [0.1, 0.15) is 39.3 Å². The topological polar surface area (TPSA) is 123 Å². The minimum atomic E-state index is -0.497. The van der Waals surface area contributed by atoms with Crippen LogP contribution in [0.5, 0.6) is 11.5 Å². The summed E-state index contributed by atoms with van der Waals surface area (Å²) in [7, 11) is 0. The number of fused-ring (bicyclic) bond motifs is 2. The van der Waals surface area contributed by atoms with Crippen LogP contribution in [0.25, 0.3) is 0 Å². The molecule has 1 aromatic carbocycles. The van der Waals surface area contributed by atoms with Crippen molar-refractivity contribution < 1.29 is 23.8 Å². The highest BCUT2D eigenvalue weighted by Gasteiger charge is 2.32. The van der Waals surface area contributed by atoms with Crippen molar-refractivity contribution in [3.8, 4) is 11.5 Å². The van der Waals surface area contributed by atoms with Crippen LogP contribution in [0.2, 0.25) is 5.02 Å². The van der Waals surface area contributed by atoms with Gasteiger partial charge < -0.3 is 29.5 Å². The van der Waals surface area contributed by atoms with Crippen molar-refractivity contribution in [1.82, 2.24) is 20.2 Å². The number of ether oxygens (including phenoxy) is 3. The summed E-state index contributed by atoms with van der Waals surface area (Å²) in [5, 5.41) is 13.0. The first-order valence-electron chi connectivity index (χ1n) is 13.4. The van der Waals surface area contributed by atoms with Gasteiger partial charge >= 0.3 is 12.1 Å². The van der Waals surface area contributed by atoms with E-state index >= 15 is 0 Å². The Balaban J connectivity index is 1.14. The molecular weight excluding hydrogens is 540 g/mol. The number of benzene rings is 1. The number of aromatic nitrogens is 1. The number of anilines is 2. The second-order valence-corrected chi connectivity index (χ2v) is 11.4. The lowest BCUT2D eigenvalue weighted by molar-refractivity contribution is 0.00941. The van der Waals surface area contributed by atoms with Gasteiger partial charge in [0.2, 0.25) is 0 Å². The van der Waals surface area contributed by atoms with E-state index in [0.29, 0.717) is 91.0 Å². The number of hydrazine groups is 1. The molecule has 3 aliphatic heterocycles. The first kappa shape index (κ1) is 28.1. The van der Waals surface area contributed by atoms with Crippen LogP contribution in [-0.4, -0.2) is 77.9 Å². The van der Waals surface area contributed by atoms with Crippen LogP contribution in [-0.2, 0) is 11.3 Å². The molecule has 1 saturated heterocycles. The quantitative estimate of drug-likeness (QED) is 0.542. The monoisotopic (exact) mass is 573 g/mol. The molecule has 5 rings (SSSR count). The smallest absolute Gasteiger partial charge is 0.410 e. The third kappa shape index (κ3) is 6.29. The molecule has 3 aliphatic rings. The van der Waals surface area contributed by atoms with Crippen molar-refractivity contribution in [3.05, 3.63) is 46.4 Å². The van der Waals surface area contributed by atoms with Gasteiger partial charge in [0.25, 0.3) is 0 Å². The van der Waals surface area contributed by atoms with E-state index in [9.17, 15) is 14.8 Å². The van der Waals surface area contributed by atoms with Crippen LogP contribution in [0.3, 0.4) is 0 Å². The van der Waals surface area contributed by atoms with E-state index < -0.39 is 11.6 Å². The van der Waals surface area contributed by atoms with Crippen molar-refractivity contribution in [2.24, 2.45) is 0 Å². The van der Waals surface area contributed by atoms with E-state index in [2.05, 4.69) is 15.3 Å². The number of carbonyl (C=O) groups is 2. The minimum absolute atomic E-state index is 0.214. The Hall–Kier alpha value is -3.48. The highest BCUT2D eigenvalue weighted by Crippen LogP contribution is 2.34. The number of rotatable bonds is 6. The Morgan fingerprint density at radius 3 is 2.60 bits per heavy atom. The molecule has 3 amide bonds. The standard InChI is InChI=1S/C27H34ClN6O6/c1-27(2,3)33(17-19-15-23-24(16-29-19)39-13-12-38-23)26(36)40-20-6-8-31(9-7-20)10-11-32-22-14-18(28)4-5-21(22)34(37)30-25(32)35/h4-5,14-16,20H,6-13,17H2,1-3H3,(H,30,35)/q-1. The fourth-order valence-electron chi connectivity index (χ4n) is 4.94. The van der Waals surface area contributed by atoms with Crippen LogP contribution >= 0.6 is 11.6 Å². The van der Waals surface area contributed by atoms with Crippen molar-refractivity contribution in [3.63, 3.8) is 0 Å². The molecule has 2 aromatic rings. The Morgan fingerprint density at radius 2 is 1.88 bits per heavy atom. The molecule has 40 heavy (non-hydrogen) atoms. The fourth-order valence-corrected chi connectivity index (χ4v) is 5.10. The average molecular weight is 574 g/mol. The average Bonchev–Trinajstić information content (AvgIpc) is 2.91. The predicted octanol–water partition coefficient (Wildman–Crippen LogP) is 4.16. The van der Waals surface area contributed by atoms with E-state index in [1.54, 1.807) is 29.3 Å². The van der Waals surface area contributed by atoms with Crippen LogP contribution in [0.4, 0.5) is 21.0 Å². The first-order chi connectivity index (χ1) is 19.1. The molecule has 216 valence electrons. The van der Waals surface area contributed by atoms with Gasteiger partial charge in [0.15, 0.2) is 11.5 Å². The first-order valence-corrected chi connectivity index (χ1v) is 13.8. The number of carbonyl (C=O) groups excluding carboxylic acids is 2.